The van der Waals surface area contributed by atoms with Crippen LogP contribution in [0.1, 0.15) is 5.82 Å². The van der Waals surface area contributed by atoms with E-state index in [2.05, 4.69) is 25.9 Å². The van der Waals surface area contributed by atoms with E-state index in [1.165, 1.54) is 11.8 Å². The Labute approximate surface area is 118 Å². The van der Waals surface area contributed by atoms with Crippen LogP contribution in [-0.4, -0.2) is 17.1 Å². The lowest BCUT2D eigenvalue weighted by atomic mass is 10.4. The van der Waals surface area contributed by atoms with Crippen LogP contribution in [0.15, 0.2) is 44.7 Å². The molecule has 4 nitrogen and oxygen atoms in total. The number of halogens is 1. The van der Waals surface area contributed by atoms with E-state index in [4.69, 9.17) is 10.5 Å². The van der Waals surface area contributed by atoms with E-state index in [0.29, 0.717) is 18.2 Å². The first kappa shape index (κ1) is 13.3. The van der Waals surface area contributed by atoms with E-state index in [1.54, 1.807) is 13.2 Å². The van der Waals surface area contributed by atoms with Crippen LogP contribution in [0.4, 0.5) is 5.82 Å². The fraction of sp³-hybridized carbons (Fsp3) is 0.167. The molecular weight excluding hydrogens is 314 g/mol. The third-order valence-corrected chi connectivity index (χ3v) is 4.04. The molecule has 0 amide bonds. The SMILES string of the molecule is COCc1nc(N)cc(Sc2ccccc2Br)n1. The first-order valence-corrected chi connectivity index (χ1v) is 6.85. The van der Waals surface area contributed by atoms with Crippen LogP contribution in [0.5, 0.6) is 0 Å². The number of anilines is 1. The highest BCUT2D eigenvalue weighted by Crippen LogP contribution is 2.32. The van der Waals surface area contributed by atoms with Gasteiger partial charge in [0, 0.05) is 22.5 Å². The molecule has 18 heavy (non-hydrogen) atoms. The molecule has 0 saturated carbocycles. The number of nitrogens with zero attached hydrogens (tertiary/aromatic N) is 2. The van der Waals surface area contributed by atoms with Crippen LogP contribution in [0.2, 0.25) is 0 Å². The topological polar surface area (TPSA) is 61.0 Å². The molecule has 0 aliphatic heterocycles. The molecule has 0 spiro atoms. The van der Waals surface area contributed by atoms with Crippen molar-refractivity contribution in [2.45, 2.75) is 16.5 Å². The molecule has 0 fully saturated rings. The second-order valence-electron chi connectivity index (χ2n) is 3.51. The van der Waals surface area contributed by atoms with Crippen LogP contribution >= 0.6 is 27.7 Å². The van der Waals surface area contributed by atoms with Gasteiger partial charge in [-0.3, -0.25) is 0 Å². The maximum Gasteiger partial charge on any atom is 0.157 e. The van der Waals surface area contributed by atoms with E-state index in [-0.39, 0.29) is 0 Å². The van der Waals surface area contributed by atoms with Gasteiger partial charge < -0.3 is 10.5 Å². The summed E-state index contributed by atoms with van der Waals surface area (Å²) in [4.78, 5) is 9.57. The van der Waals surface area contributed by atoms with Crippen molar-refractivity contribution in [3.05, 3.63) is 40.6 Å². The summed E-state index contributed by atoms with van der Waals surface area (Å²) in [7, 11) is 1.60. The van der Waals surface area contributed by atoms with Crippen LogP contribution < -0.4 is 5.73 Å². The third kappa shape index (κ3) is 3.44. The molecule has 0 unspecified atom stereocenters. The molecule has 0 radical (unpaired) electrons. The minimum atomic E-state index is 0.356. The summed E-state index contributed by atoms with van der Waals surface area (Å²) in [6.07, 6.45) is 0. The number of ether oxygens (including phenoxy) is 1. The zero-order chi connectivity index (χ0) is 13.0. The summed E-state index contributed by atoms with van der Waals surface area (Å²) < 4.78 is 6.04. The lowest BCUT2D eigenvalue weighted by molar-refractivity contribution is 0.177. The van der Waals surface area contributed by atoms with Crippen molar-refractivity contribution < 1.29 is 4.74 Å². The second kappa shape index (κ2) is 6.17. The van der Waals surface area contributed by atoms with E-state index in [0.717, 1.165) is 14.4 Å². The molecule has 2 rings (SSSR count). The van der Waals surface area contributed by atoms with Gasteiger partial charge in [-0.2, -0.15) is 0 Å². The standard InChI is InChI=1S/C12H12BrN3OS/c1-17-7-11-15-10(14)6-12(16-11)18-9-5-3-2-4-8(9)13/h2-6H,7H2,1H3,(H2,14,15,16). The Kier molecular flexibility index (Phi) is 4.57. The summed E-state index contributed by atoms with van der Waals surface area (Å²) >= 11 is 5.04. The predicted octanol–water partition coefficient (Wildman–Crippen LogP) is 3.12. The van der Waals surface area contributed by atoms with E-state index >= 15 is 0 Å². The van der Waals surface area contributed by atoms with Gasteiger partial charge in [0.15, 0.2) is 5.82 Å². The van der Waals surface area contributed by atoms with Gasteiger partial charge in [0.25, 0.3) is 0 Å². The first-order chi connectivity index (χ1) is 8.69. The maximum absolute atomic E-state index is 5.75. The van der Waals surface area contributed by atoms with Crippen molar-refractivity contribution in [3.8, 4) is 0 Å². The highest BCUT2D eigenvalue weighted by Gasteiger charge is 2.06. The molecule has 1 aromatic heterocycles. The van der Waals surface area contributed by atoms with Gasteiger partial charge in [-0.15, -0.1) is 0 Å². The fourth-order valence-electron chi connectivity index (χ4n) is 1.38. The summed E-state index contributed by atoms with van der Waals surface area (Å²) in [5.74, 6) is 1.04. The Hall–Kier alpha value is -1.11. The van der Waals surface area contributed by atoms with Crippen molar-refractivity contribution >= 4 is 33.5 Å². The van der Waals surface area contributed by atoms with Crippen LogP contribution in [0.25, 0.3) is 0 Å². The fourth-order valence-corrected chi connectivity index (χ4v) is 2.77. The first-order valence-electron chi connectivity index (χ1n) is 5.24. The van der Waals surface area contributed by atoms with E-state index in [1.807, 2.05) is 24.3 Å². The number of aromatic nitrogens is 2. The zero-order valence-electron chi connectivity index (χ0n) is 9.76. The normalized spacial score (nSPS) is 10.6. The molecule has 94 valence electrons. The highest BCUT2D eigenvalue weighted by atomic mass is 79.9. The van der Waals surface area contributed by atoms with Crippen molar-refractivity contribution in [1.82, 2.24) is 9.97 Å². The number of benzene rings is 1. The Morgan fingerprint density at radius 2 is 2.11 bits per heavy atom. The van der Waals surface area contributed by atoms with Crippen LogP contribution in [0, 0.1) is 0 Å². The molecule has 0 aliphatic rings. The number of methoxy groups -OCH3 is 1. The Morgan fingerprint density at radius 1 is 1.33 bits per heavy atom. The quantitative estimate of drug-likeness (QED) is 0.875. The lowest BCUT2D eigenvalue weighted by Gasteiger charge is -2.06. The molecule has 0 bridgehead atoms. The lowest BCUT2D eigenvalue weighted by Crippen LogP contribution is -2.01. The number of hydrogen-bond acceptors (Lipinski definition) is 5. The maximum atomic E-state index is 5.75. The van der Waals surface area contributed by atoms with Gasteiger partial charge in [0.1, 0.15) is 17.5 Å². The largest absolute Gasteiger partial charge is 0.384 e. The number of rotatable bonds is 4. The Morgan fingerprint density at radius 3 is 2.83 bits per heavy atom. The minimum absolute atomic E-state index is 0.356. The molecular formula is C12H12BrN3OS. The Bertz CT molecular complexity index is 551. The van der Waals surface area contributed by atoms with Crippen LogP contribution in [0.3, 0.4) is 0 Å². The van der Waals surface area contributed by atoms with Crippen LogP contribution in [-0.2, 0) is 11.3 Å². The second-order valence-corrected chi connectivity index (χ2v) is 5.43. The predicted molar refractivity (Wildman–Crippen MR) is 75.4 cm³/mol. The van der Waals surface area contributed by atoms with Crippen molar-refractivity contribution in [3.63, 3.8) is 0 Å². The molecule has 0 saturated heterocycles. The van der Waals surface area contributed by atoms with Crippen molar-refractivity contribution in [2.24, 2.45) is 0 Å². The molecule has 1 aromatic carbocycles. The molecule has 2 aromatic rings. The van der Waals surface area contributed by atoms with Gasteiger partial charge in [-0.25, -0.2) is 9.97 Å². The van der Waals surface area contributed by atoms with Gasteiger partial charge in [-0.1, -0.05) is 23.9 Å². The van der Waals surface area contributed by atoms with E-state index in [9.17, 15) is 0 Å². The van der Waals surface area contributed by atoms with Gasteiger partial charge in [0.05, 0.1) is 0 Å². The highest BCUT2D eigenvalue weighted by molar-refractivity contribution is 9.10. The smallest absolute Gasteiger partial charge is 0.157 e. The van der Waals surface area contributed by atoms with E-state index < -0.39 is 0 Å². The minimum Gasteiger partial charge on any atom is -0.384 e. The summed E-state index contributed by atoms with van der Waals surface area (Å²) in [5, 5.41) is 0.807. The van der Waals surface area contributed by atoms with Gasteiger partial charge in [-0.05, 0) is 28.1 Å². The summed E-state index contributed by atoms with van der Waals surface area (Å²) in [5.41, 5.74) is 5.75. The Balaban J connectivity index is 2.26. The number of hydrogen-bond donors (Lipinski definition) is 1. The molecule has 1 heterocycles. The third-order valence-electron chi connectivity index (χ3n) is 2.09. The number of nitrogens with two attached hydrogens (primary N) is 1. The monoisotopic (exact) mass is 325 g/mol. The van der Waals surface area contributed by atoms with Gasteiger partial charge in [0.2, 0.25) is 0 Å². The van der Waals surface area contributed by atoms with Crippen molar-refractivity contribution in [2.75, 3.05) is 12.8 Å². The number of nitrogen functional groups attached to an aromatic ring is 1. The summed E-state index contributed by atoms with van der Waals surface area (Å²) in [6.45, 7) is 0.356. The molecule has 2 N–H and O–H groups in total. The molecule has 0 aliphatic carbocycles. The zero-order valence-corrected chi connectivity index (χ0v) is 12.2. The van der Waals surface area contributed by atoms with Gasteiger partial charge >= 0.3 is 0 Å². The molecule has 6 heteroatoms. The average molecular weight is 326 g/mol. The average Bonchev–Trinajstić information content (AvgIpc) is 2.32. The van der Waals surface area contributed by atoms with Crippen molar-refractivity contribution in [1.29, 1.82) is 0 Å². The molecule has 0 atom stereocenters. The summed E-state index contributed by atoms with van der Waals surface area (Å²) in [6, 6.07) is 9.71.